The molecular formula is C9H21BO. The van der Waals surface area contributed by atoms with E-state index in [4.69, 9.17) is 5.02 Å². The Balaban J connectivity index is 3.20. The van der Waals surface area contributed by atoms with Crippen LogP contribution in [0.25, 0.3) is 0 Å². The highest BCUT2D eigenvalue weighted by Gasteiger charge is 2.06. The van der Waals surface area contributed by atoms with Gasteiger partial charge >= 0.3 is 0 Å². The van der Waals surface area contributed by atoms with Gasteiger partial charge in [-0.05, 0) is 5.82 Å². The van der Waals surface area contributed by atoms with Gasteiger partial charge in [0.05, 0.1) is 0 Å². The molecule has 0 aromatic carbocycles. The topological polar surface area (TPSA) is 20.2 Å². The molecule has 0 aromatic rings. The van der Waals surface area contributed by atoms with Crippen molar-refractivity contribution in [3.63, 3.8) is 0 Å². The first-order valence-corrected chi connectivity index (χ1v) is 4.96. The average Bonchev–Trinajstić information content (AvgIpc) is 2.03. The van der Waals surface area contributed by atoms with Gasteiger partial charge in [0.15, 0.2) is 0 Å². The number of hydrogen-bond donors (Lipinski definition) is 1. The minimum absolute atomic E-state index is 0.386. The molecule has 0 heterocycles. The first-order chi connectivity index (χ1) is 5.35. The zero-order valence-electron chi connectivity index (χ0n) is 7.97. The van der Waals surface area contributed by atoms with E-state index in [-0.39, 0.29) is 0 Å². The summed E-state index contributed by atoms with van der Waals surface area (Å²) in [5.74, 6) is 0.576. The van der Waals surface area contributed by atoms with Gasteiger partial charge in [-0.2, -0.15) is 0 Å². The average molecular weight is 156 g/mol. The maximum atomic E-state index is 8.96. The van der Waals surface area contributed by atoms with Crippen molar-refractivity contribution in [2.75, 3.05) is 0 Å². The summed E-state index contributed by atoms with van der Waals surface area (Å²) in [5, 5.41) is 8.96. The quantitative estimate of drug-likeness (QED) is 0.443. The van der Waals surface area contributed by atoms with Crippen molar-refractivity contribution in [1.82, 2.24) is 0 Å². The summed E-state index contributed by atoms with van der Waals surface area (Å²) in [7, 11) is 0.386. The highest BCUT2D eigenvalue weighted by molar-refractivity contribution is 6.27. The lowest BCUT2D eigenvalue weighted by Gasteiger charge is -2.10. The highest BCUT2D eigenvalue weighted by atomic mass is 16.2. The third kappa shape index (κ3) is 6.42. The van der Waals surface area contributed by atoms with Crippen LogP contribution in [0.4, 0.5) is 0 Å². The first kappa shape index (κ1) is 11.0. The van der Waals surface area contributed by atoms with E-state index in [1.165, 1.54) is 38.5 Å². The van der Waals surface area contributed by atoms with Gasteiger partial charge in [0, 0.05) is 0 Å². The van der Waals surface area contributed by atoms with Gasteiger partial charge in [-0.1, -0.05) is 52.4 Å². The highest BCUT2D eigenvalue weighted by Crippen LogP contribution is 2.19. The van der Waals surface area contributed by atoms with Crippen LogP contribution in [-0.4, -0.2) is 12.5 Å². The minimum Gasteiger partial charge on any atom is -0.454 e. The van der Waals surface area contributed by atoms with E-state index in [0.717, 1.165) is 0 Å². The number of rotatable bonds is 7. The predicted molar refractivity (Wildman–Crippen MR) is 52.2 cm³/mol. The zero-order valence-corrected chi connectivity index (χ0v) is 7.97. The van der Waals surface area contributed by atoms with E-state index >= 15 is 0 Å². The van der Waals surface area contributed by atoms with Gasteiger partial charge in [0.25, 0.3) is 7.48 Å². The molecule has 0 fully saturated rings. The summed E-state index contributed by atoms with van der Waals surface area (Å²) in [5.41, 5.74) is 0. The number of unbranched alkanes of at least 4 members (excludes halogenated alkanes) is 2. The Labute approximate surface area is 71.5 Å². The second-order valence-electron chi connectivity index (χ2n) is 3.33. The molecule has 1 atom stereocenters. The largest absolute Gasteiger partial charge is 0.454 e. The minimum atomic E-state index is 0.386. The predicted octanol–water partition coefficient (Wildman–Crippen LogP) is 2.50. The molecule has 0 saturated carbocycles. The van der Waals surface area contributed by atoms with Crippen LogP contribution < -0.4 is 0 Å². The fourth-order valence-corrected chi connectivity index (χ4v) is 1.42. The van der Waals surface area contributed by atoms with Gasteiger partial charge < -0.3 is 5.02 Å². The molecule has 66 valence electrons. The third-order valence-electron chi connectivity index (χ3n) is 2.17. The Kier molecular flexibility index (Phi) is 8.14. The molecule has 0 saturated heterocycles. The summed E-state index contributed by atoms with van der Waals surface area (Å²) < 4.78 is 0. The maximum Gasteiger partial charge on any atom is 0.273 e. The fourth-order valence-electron chi connectivity index (χ4n) is 1.42. The van der Waals surface area contributed by atoms with E-state index < -0.39 is 0 Å². The van der Waals surface area contributed by atoms with Gasteiger partial charge in [0.2, 0.25) is 0 Å². The lowest BCUT2D eigenvalue weighted by Crippen LogP contribution is -2.02. The molecule has 0 spiro atoms. The van der Waals surface area contributed by atoms with Crippen LogP contribution in [0, 0.1) is 0 Å². The van der Waals surface area contributed by atoms with Crippen LogP contribution in [0.3, 0.4) is 0 Å². The van der Waals surface area contributed by atoms with Gasteiger partial charge in [-0.15, -0.1) is 0 Å². The summed E-state index contributed by atoms with van der Waals surface area (Å²) in [6.45, 7) is 4.40. The van der Waals surface area contributed by atoms with Gasteiger partial charge in [0.1, 0.15) is 0 Å². The smallest absolute Gasteiger partial charge is 0.273 e. The summed E-state index contributed by atoms with van der Waals surface area (Å²) >= 11 is 0. The monoisotopic (exact) mass is 156 g/mol. The molecular weight excluding hydrogens is 135 g/mol. The Bertz CT molecular complexity index is 76.0. The molecule has 0 aliphatic rings. The third-order valence-corrected chi connectivity index (χ3v) is 2.17. The number of hydrogen-bond acceptors (Lipinski definition) is 1. The summed E-state index contributed by atoms with van der Waals surface area (Å²) in [4.78, 5) is 0. The molecule has 1 unspecified atom stereocenters. The van der Waals surface area contributed by atoms with E-state index in [0.29, 0.717) is 13.3 Å². The molecule has 11 heavy (non-hydrogen) atoms. The van der Waals surface area contributed by atoms with E-state index in [2.05, 4.69) is 13.8 Å². The first-order valence-electron chi connectivity index (χ1n) is 4.96. The van der Waals surface area contributed by atoms with Crippen molar-refractivity contribution in [3.05, 3.63) is 0 Å². The van der Waals surface area contributed by atoms with Crippen LogP contribution in [0.1, 0.15) is 52.4 Å². The fraction of sp³-hybridized carbons (Fsp3) is 1.00. The maximum absolute atomic E-state index is 8.96. The van der Waals surface area contributed by atoms with E-state index in [1.54, 1.807) is 0 Å². The van der Waals surface area contributed by atoms with Crippen molar-refractivity contribution >= 4 is 7.48 Å². The van der Waals surface area contributed by atoms with Crippen molar-refractivity contribution in [2.45, 2.75) is 58.2 Å². The van der Waals surface area contributed by atoms with Gasteiger partial charge in [-0.3, -0.25) is 0 Å². The van der Waals surface area contributed by atoms with E-state index in [9.17, 15) is 0 Å². The van der Waals surface area contributed by atoms with Crippen molar-refractivity contribution in [3.8, 4) is 0 Å². The summed E-state index contributed by atoms with van der Waals surface area (Å²) in [6, 6.07) is 0. The molecule has 0 aliphatic carbocycles. The van der Waals surface area contributed by atoms with Crippen LogP contribution >= 0.6 is 0 Å². The molecule has 0 aromatic heterocycles. The van der Waals surface area contributed by atoms with E-state index in [1.807, 2.05) is 0 Å². The molecule has 1 N–H and O–H groups in total. The molecule has 1 nitrogen and oxygen atoms in total. The Morgan fingerprint density at radius 1 is 1.09 bits per heavy atom. The Morgan fingerprint density at radius 2 is 1.82 bits per heavy atom. The standard InChI is InChI=1S/C9H21BO/c1-3-5-6-8-9(10-11)7-4-2/h9-11H,3-8H2,1-2H3. The molecule has 0 bridgehead atoms. The Morgan fingerprint density at radius 3 is 2.27 bits per heavy atom. The lowest BCUT2D eigenvalue weighted by atomic mass is 9.74. The normalized spacial score (nSPS) is 13.0. The molecule has 0 radical (unpaired) electrons. The molecule has 0 amide bonds. The van der Waals surface area contributed by atoms with Crippen molar-refractivity contribution < 1.29 is 5.02 Å². The van der Waals surface area contributed by atoms with Crippen LogP contribution in [0.2, 0.25) is 5.82 Å². The van der Waals surface area contributed by atoms with Crippen molar-refractivity contribution in [2.24, 2.45) is 0 Å². The summed E-state index contributed by atoms with van der Waals surface area (Å²) in [6.07, 6.45) is 7.52. The lowest BCUT2D eigenvalue weighted by molar-refractivity contribution is 0.525. The molecule has 0 aliphatic heterocycles. The molecule has 0 rings (SSSR count). The van der Waals surface area contributed by atoms with Crippen LogP contribution in [-0.2, 0) is 0 Å². The van der Waals surface area contributed by atoms with Crippen molar-refractivity contribution in [1.29, 1.82) is 0 Å². The van der Waals surface area contributed by atoms with Crippen LogP contribution in [0.5, 0.6) is 0 Å². The van der Waals surface area contributed by atoms with Crippen LogP contribution in [0.15, 0.2) is 0 Å². The second-order valence-corrected chi connectivity index (χ2v) is 3.33. The Hall–Kier alpha value is 0.0249. The SMILES string of the molecule is CCCCCC(BO)CCC. The zero-order chi connectivity index (χ0) is 8.53. The van der Waals surface area contributed by atoms with Gasteiger partial charge in [-0.25, -0.2) is 0 Å². The second kappa shape index (κ2) is 8.12. The molecule has 2 heteroatoms.